The van der Waals surface area contributed by atoms with Crippen LogP contribution in [0.2, 0.25) is 0 Å². The molecule has 0 aromatic carbocycles. The number of aromatic nitrogens is 1. The van der Waals surface area contributed by atoms with Crippen molar-refractivity contribution in [3.05, 3.63) is 16.6 Å². The molecule has 16 heavy (non-hydrogen) atoms. The Bertz CT molecular complexity index is 273. The highest BCUT2D eigenvalue weighted by molar-refractivity contribution is 8.00. The van der Waals surface area contributed by atoms with E-state index in [2.05, 4.69) is 42.7 Å². The maximum Gasteiger partial charge on any atom is 0.0795 e. The Kier molecular flexibility index (Phi) is 5.79. The quantitative estimate of drug-likeness (QED) is 0.807. The highest BCUT2D eigenvalue weighted by Crippen LogP contribution is 2.30. The van der Waals surface area contributed by atoms with E-state index in [4.69, 9.17) is 0 Å². The van der Waals surface area contributed by atoms with Crippen LogP contribution in [-0.4, -0.2) is 22.5 Å². The molecule has 0 aliphatic heterocycles. The summed E-state index contributed by atoms with van der Waals surface area (Å²) in [6.07, 6.45) is 4.63. The third-order valence-electron chi connectivity index (χ3n) is 3.35. The van der Waals surface area contributed by atoms with Gasteiger partial charge in [0, 0.05) is 22.7 Å². The summed E-state index contributed by atoms with van der Waals surface area (Å²) in [5.74, 6) is 0. The van der Waals surface area contributed by atoms with Crippen molar-refractivity contribution in [3.8, 4) is 0 Å². The maximum absolute atomic E-state index is 4.34. The van der Waals surface area contributed by atoms with Crippen molar-refractivity contribution >= 4 is 23.1 Å². The first-order valence-electron chi connectivity index (χ1n) is 5.84. The second-order valence-corrected chi connectivity index (χ2v) is 6.10. The number of thiazole rings is 1. The Balaban J connectivity index is 2.49. The fourth-order valence-corrected chi connectivity index (χ4v) is 3.19. The maximum atomic E-state index is 4.34. The van der Waals surface area contributed by atoms with Gasteiger partial charge in [-0.2, -0.15) is 11.8 Å². The molecule has 0 bridgehead atoms. The van der Waals surface area contributed by atoms with Gasteiger partial charge in [0.05, 0.1) is 11.2 Å². The lowest BCUT2D eigenvalue weighted by Gasteiger charge is -2.31. The SMILES string of the molecule is CCC(CC)(CNC(C)c1cscn1)SC. The van der Waals surface area contributed by atoms with E-state index >= 15 is 0 Å². The van der Waals surface area contributed by atoms with Gasteiger partial charge in [0.2, 0.25) is 0 Å². The zero-order chi connectivity index (χ0) is 12.0. The molecule has 4 heteroatoms. The highest BCUT2D eigenvalue weighted by Gasteiger charge is 2.25. The Morgan fingerprint density at radius 2 is 2.19 bits per heavy atom. The van der Waals surface area contributed by atoms with Gasteiger partial charge in [-0.05, 0) is 26.0 Å². The minimum absolute atomic E-state index is 0.357. The molecule has 92 valence electrons. The monoisotopic (exact) mass is 258 g/mol. The van der Waals surface area contributed by atoms with Gasteiger partial charge >= 0.3 is 0 Å². The van der Waals surface area contributed by atoms with E-state index in [1.54, 1.807) is 11.3 Å². The van der Waals surface area contributed by atoms with Crippen LogP contribution in [0.5, 0.6) is 0 Å². The van der Waals surface area contributed by atoms with E-state index in [0.29, 0.717) is 10.8 Å². The fraction of sp³-hybridized carbons (Fsp3) is 0.750. The van der Waals surface area contributed by atoms with Crippen LogP contribution in [0.25, 0.3) is 0 Å². The topological polar surface area (TPSA) is 24.9 Å². The van der Waals surface area contributed by atoms with Crippen molar-refractivity contribution < 1.29 is 0 Å². The van der Waals surface area contributed by atoms with Crippen LogP contribution in [0.3, 0.4) is 0 Å². The first-order chi connectivity index (χ1) is 7.67. The molecule has 0 saturated carbocycles. The van der Waals surface area contributed by atoms with Gasteiger partial charge in [0.25, 0.3) is 0 Å². The van der Waals surface area contributed by atoms with Crippen molar-refractivity contribution in [2.24, 2.45) is 0 Å². The molecule has 0 fully saturated rings. The minimum atomic E-state index is 0.357. The predicted octanol–water partition coefficient (Wildman–Crippen LogP) is 3.72. The predicted molar refractivity (Wildman–Crippen MR) is 75.4 cm³/mol. The van der Waals surface area contributed by atoms with Crippen LogP contribution < -0.4 is 5.32 Å². The molecule has 1 N–H and O–H groups in total. The smallest absolute Gasteiger partial charge is 0.0795 e. The number of rotatable bonds is 7. The lowest BCUT2D eigenvalue weighted by atomic mass is 10.0. The van der Waals surface area contributed by atoms with Crippen molar-refractivity contribution in [1.82, 2.24) is 10.3 Å². The summed E-state index contributed by atoms with van der Waals surface area (Å²) in [5, 5.41) is 5.72. The molecule has 1 heterocycles. The standard InChI is InChI=1S/C12H22N2S2/c1-5-12(6-2,15-4)8-13-10(3)11-7-16-9-14-11/h7,9-10,13H,5-6,8H2,1-4H3. The largest absolute Gasteiger partial charge is 0.307 e. The van der Waals surface area contributed by atoms with Crippen molar-refractivity contribution in [3.63, 3.8) is 0 Å². The van der Waals surface area contributed by atoms with E-state index < -0.39 is 0 Å². The van der Waals surface area contributed by atoms with Crippen LogP contribution in [0.15, 0.2) is 10.9 Å². The van der Waals surface area contributed by atoms with Crippen molar-refractivity contribution in [2.45, 2.75) is 44.4 Å². The van der Waals surface area contributed by atoms with Gasteiger partial charge in [0.15, 0.2) is 0 Å². The summed E-state index contributed by atoms with van der Waals surface area (Å²) < 4.78 is 0.379. The molecule has 1 atom stereocenters. The van der Waals surface area contributed by atoms with Crippen LogP contribution >= 0.6 is 23.1 Å². The third-order valence-corrected chi connectivity index (χ3v) is 5.54. The van der Waals surface area contributed by atoms with E-state index in [1.165, 1.54) is 12.8 Å². The number of hydrogen-bond acceptors (Lipinski definition) is 4. The average molecular weight is 258 g/mol. The van der Waals surface area contributed by atoms with Gasteiger partial charge in [0.1, 0.15) is 0 Å². The summed E-state index contributed by atoms with van der Waals surface area (Å²) >= 11 is 3.64. The summed E-state index contributed by atoms with van der Waals surface area (Å²) in [7, 11) is 0. The van der Waals surface area contributed by atoms with E-state index in [1.807, 2.05) is 17.3 Å². The zero-order valence-corrected chi connectivity index (χ0v) is 12.3. The van der Waals surface area contributed by atoms with Crippen LogP contribution in [-0.2, 0) is 0 Å². The van der Waals surface area contributed by atoms with Crippen molar-refractivity contribution in [2.75, 3.05) is 12.8 Å². The molecule has 0 spiro atoms. The first-order valence-corrected chi connectivity index (χ1v) is 8.00. The third kappa shape index (κ3) is 3.47. The van der Waals surface area contributed by atoms with Gasteiger partial charge in [-0.1, -0.05) is 13.8 Å². The van der Waals surface area contributed by atoms with E-state index in [0.717, 1.165) is 12.2 Å². The summed E-state index contributed by atoms with van der Waals surface area (Å²) in [6.45, 7) is 7.79. The molecule has 1 aromatic heterocycles. The summed E-state index contributed by atoms with van der Waals surface area (Å²) in [6, 6.07) is 0.357. The molecular formula is C12H22N2S2. The van der Waals surface area contributed by atoms with E-state index in [9.17, 15) is 0 Å². The molecule has 2 nitrogen and oxygen atoms in total. The van der Waals surface area contributed by atoms with Gasteiger partial charge in [-0.25, -0.2) is 4.98 Å². The minimum Gasteiger partial charge on any atom is -0.307 e. The zero-order valence-electron chi connectivity index (χ0n) is 10.6. The molecule has 1 rings (SSSR count). The molecule has 1 aromatic rings. The normalized spacial score (nSPS) is 14.0. The molecule has 0 radical (unpaired) electrons. The fourth-order valence-electron chi connectivity index (χ4n) is 1.74. The molecule has 1 unspecified atom stereocenters. The molecule has 0 aliphatic carbocycles. The second-order valence-electron chi connectivity index (χ2n) is 4.11. The summed E-state index contributed by atoms with van der Waals surface area (Å²) in [4.78, 5) is 4.34. The molecular weight excluding hydrogens is 236 g/mol. The average Bonchev–Trinajstić information content (AvgIpc) is 2.85. The first kappa shape index (κ1) is 14.0. The molecule has 0 aliphatic rings. The van der Waals surface area contributed by atoms with Crippen molar-refractivity contribution in [1.29, 1.82) is 0 Å². The van der Waals surface area contributed by atoms with Crippen LogP contribution in [0.1, 0.15) is 45.3 Å². The number of thioether (sulfide) groups is 1. The van der Waals surface area contributed by atoms with E-state index in [-0.39, 0.29) is 0 Å². The lowest BCUT2D eigenvalue weighted by Crippen LogP contribution is -2.37. The number of nitrogens with one attached hydrogen (secondary N) is 1. The molecule has 0 saturated heterocycles. The number of nitrogens with zero attached hydrogens (tertiary/aromatic N) is 1. The summed E-state index contributed by atoms with van der Waals surface area (Å²) in [5.41, 5.74) is 3.06. The lowest BCUT2D eigenvalue weighted by molar-refractivity contribution is 0.456. The van der Waals surface area contributed by atoms with Gasteiger partial charge in [-0.15, -0.1) is 11.3 Å². The van der Waals surface area contributed by atoms with Crippen LogP contribution in [0, 0.1) is 0 Å². The second kappa shape index (κ2) is 6.62. The number of hydrogen-bond donors (Lipinski definition) is 1. The van der Waals surface area contributed by atoms with Crippen LogP contribution in [0.4, 0.5) is 0 Å². The highest BCUT2D eigenvalue weighted by atomic mass is 32.2. The Labute approximate surface area is 107 Å². The Hall–Kier alpha value is -0.0600. The molecule has 0 amide bonds. The Morgan fingerprint density at radius 3 is 2.62 bits per heavy atom. The van der Waals surface area contributed by atoms with Gasteiger partial charge in [-0.3, -0.25) is 0 Å². The van der Waals surface area contributed by atoms with Gasteiger partial charge < -0.3 is 5.32 Å². The Morgan fingerprint density at radius 1 is 1.50 bits per heavy atom.